The summed E-state index contributed by atoms with van der Waals surface area (Å²) in [5, 5.41) is 0. The van der Waals surface area contributed by atoms with E-state index in [9.17, 15) is 0 Å². The normalized spacial score (nSPS) is 33.1. The van der Waals surface area contributed by atoms with Gasteiger partial charge in [-0.05, 0) is 120 Å². The average molecular weight is 909 g/mol. The Labute approximate surface area is 403 Å². The molecular formula is C61H80O6. The largest absolute Gasteiger partial charge is 0.374 e. The van der Waals surface area contributed by atoms with Crippen LogP contribution in [-0.4, -0.2) is 43.4 Å². The molecule has 0 aromatic heterocycles. The van der Waals surface area contributed by atoms with Gasteiger partial charge in [0.1, 0.15) is 24.4 Å². The van der Waals surface area contributed by atoms with E-state index in [1.165, 1.54) is 51.4 Å². The molecule has 5 aliphatic rings. The second kappa shape index (κ2) is 22.4. The Morgan fingerprint density at radius 1 is 0.597 bits per heavy atom. The summed E-state index contributed by atoms with van der Waals surface area (Å²) in [5.41, 5.74) is 6.70. The maximum atomic E-state index is 7.35. The molecule has 1 unspecified atom stereocenters. The zero-order valence-corrected chi connectivity index (χ0v) is 41.3. The van der Waals surface area contributed by atoms with Gasteiger partial charge >= 0.3 is 0 Å². The smallest absolute Gasteiger partial charge is 0.187 e. The van der Waals surface area contributed by atoms with Crippen LogP contribution in [0.25, 0.3) is 0 Å². The van der Waals surface area contributed by atoms with E-state index in [1.807, 2.05) is 24.3 Å². The van der Waals surface area contributed by atoms with E-state index in [1.54, 1.807) is 5.57 Å². The monoisotopic (exact) mass is 909 g/mol. The molecular weight excluding hydrogens is 829 g/mol. The molecule has 0 bridgehead atoms. The number of benzene rings is 4. The van der Waals surface area contributed by atoms with Crippen LogP contribution < -0.4 is 0 Å². The first kappa shape index (κ1) is 48.4. The van der Waals surface area contributed by atoms with Crippen molar-refractivity contribution < 1.29 is 28.4 Å². The molecule has 360 valence electrons. The Bertz CT molecular complexity index is 2130. The molecule has 1 aliphatic heterocycles. The van der Waals surface area contributed by atoms with Gasteiger partial charge in [-0.2, -0.15) is 0 Å². The fraction of sp³-hybridized carbons (Fsp3) is 0.574. The van der Waals surface area contributed by atoms with Gasteiger partial charge in [0.25, 0.3) is 0 Å². The van der Waals surface area contributed by atoms with Crippen LogP contribution in [-0.2, 0) is 54.8 Å². The summed E-state index contributed by atoms with van der Waals surface area (Å²) in [6.45, 7) is 14.7. The number of allylic oxidation sites excluding steroid dienone is 1. The lowest BCUT2D eigenvalue weighted by atomic mass is 9.47. The SMILES string of the molecule is CC(C)CCC[C@@H](C)[C@H]1CC[C@H]2[C@@H]3CC=C4C[C@@H](OC5O[C@H](COCc6ccccc6)[C@H](OCc6ccccc6)[C@H](OCc6ccccc6)[C@H]5OCc5ccccc5)CC[C@]4(C)[C@H]3CC[C@]12C. The fourth-order valence-electron chi connectivity index (χ4n) is 13.8. The molecule has 4 aromatic rings. The minimum absolute atomic E-state index is 0.00236. The van der Waals surface area contributed by atoms with Crippen LogP contribution in [0.2, 0.25) is 0 Å². The van der Waals surface area contributed by atoms with E-state index in [0.717, 1.165) is 77.0 Å². The Hall–Kier alpha value is -3.62. The van der Waals surface area contributed by atoms with Crippen molar-refractivity contribution in [2.75, 3.05) is 6.61 Å². The van der Waals surface area contributed by atoms with E-state index in [-0.39, 0.29) is 11.5 Å². The summed E-state index contributed by atoms with van der Waals surface area (Å²) in [6.07, 6.45) is 14.0. The number of ether oxygens (including phenoxy) is 6. The van der Waals surface area contributed by atoms with Gasteiger partial charge in [0.05, 0.1) is 39.1 Å². The molecule has 4 aliphatic carbocycles. The maximum Gasteiger partial charge on any atom is 0.187 e. The van der Waals surface area contributed by atoms with Crippen molar-refractivity contribution in [1.82, 2.24) is 0 Å². The van der Waals surface area contributed by atoms with Gasteiger partial charge in [-0.1, -0.05) is 187 Å². The van der Waals surface area contributed by atoms with Crippen molar-refractivity contribution in [3.8, 4) is 0 Å². The first-order valence-electron chi connectivity index (χ1n) is 26.3. The van der Waals surface area contributed by atoms with Crippen LogP contribution in [0.3, 0.4) is 0 Å². The molecule has 1 saturated heterocycles. The summed E-state index contributed by atoms with van der Waals surface area (Å²) in [5.74, 6) is 4.89. The van der Waals surface area contributed by atoms with Crippen LogP contribution >= 0.6 is 0 Å². The highest BCUT2D eigenvalue weighted by Gasteiger charge is 2.59. The maximum absolute atomic E-state index is 7.35. The second-order valence-electron chi connectivity index (χ2n) is 22.1. The van der Waals surface area contributed by atoms with Crippen molar-refractivity contribution in [2.45, 2.75) is 168 Å². The van der Waals surface area contributed by atoms with Crippen LogP contribution in [0.15, 0.2) is 133 Å². The summed E-state index contributed by atoms with van der Waals surface area (Å²) in [7, 11) is 0. The molecule has 0 radical (unpaired) electrons. The van der Waals surface area contributed by atoms with Gasteiger partial charge in [0.2, 0.25) is 0 Å². The van der Waals surface area contributed by atoms with Crippen molar-refractivity contribution in [1.29, 1.82) is 0 Å². The van der Waals surface area contributed by atoms with Crippen LogP contribution in [0, 0.1) is 46.3 Å². The van der Waals surface area contributed by atoms with Crippen molar-refractivity contribution >= 4 is 0 Å². The third-order valence-corrected chi connectivity index (χ3v) is 17.4. The molecule has 4 fully saturated rings. The summed E-state index contributed by atoms with van der Waals surface area (Å²) in [4.78, 5) is 0. The standard InChI is InChI=1S/C61H80O6/c1-43(2)19-18-20-44(3)52-31-32-53-51-30-29-49-37-50(33-35-60(49,4)54(51)34-36-61(52,53)5)66-59-58(65-41-48-27-16-9-17-28-48)57(64-40-47-25-14-8-15-26-47)56(63-39-46-23-12-7-13-24-46)55(67-59)42-62-38-45-21-10-6-11-22-45/h6-17,21-29,43-44,50-59H,18-20,30-42H2,1-5H3/t44-,50+,51+,52-,53+,54+,55-,56+,57+,58-,59?,60+,61-/m1/s1. The van der Waals surface area contributed by atoms with Crippen LogP contribution in [0.1, 0.15) is 128 Å². The number of hydrogen-bond donors (Lipinski definition) is 0. The fourth-order valence-corrected chi connectivity index (χ4v) is 13.8. The average Bonchev–Trinajstić information content (AvgIpc) is 3.71. The topological polar surface area (TPSA) is 55.4 Å². The minimum Gasteiger partial charge on any atom is -0.374 e. The third-order valence-electron chi connectivity index (χ3n) is 17.4. The molecule has 9 rings (SSSR count). The summed E-state index contributed by atoms with van der Waals surface area (Å²) < 4.78 is 42.1. The summed E-state index contributed by atoms with van der Waals surface area (Å²) in [6, 6.07) is 41.5. The van der Waals surface area contributed by atoms with E-state index < -0.39 is 30.7 Å². The van der Waals surface area contributed by atoms with Crippen molar-refractivity contribution in [3.05, 3.63) is 155 Å². The molecule has 6 heteroatoms. The van der Waals surface area contributed by atoms with E-state index in [4.69, 9.17) is 28.4 Å². The zero-order valence-electron chi connectivity index (χ0n) is 41.3. The van der Waals surface area contributed by atoms with Gasteiger partial charge in [-0.3, -0.25) is 0 Å². The Morgan fingerprint density at radius 2 is 1.16 bits per heavy atom. The highest BCUT2D eigenvalue weighted by molar-refractivity contribution is 5.26. The lowest BCUT2D eigenvalue weighted by Crippen LogP contribution is -2.62. The van der Waals surface area contributed by atoms with Gasteiger partial charge in [0, 0.05) is 0 Å². The number of fused-ring (bicyclic) bond motifs is 5. The number of hydrogen-bond acceptors (Lipinski definition) is 6. The van der Waals surface area contributed by atoms with E-state index >= 15 is 0 Å². The molecule has 13 atom stereocenters. The van der Waals surface area contributed by atoms with E-state index in [2.05, 4.69) is 138 Å². The van der Waals surface area contributed by atoms with Gasteiger partial charge < -0.3 is 28.4 Å². The molecule has 1 heterocycles. The minimum atomic E-state index is -0.689. The zero-order chi connectivity index (χ0) is 46.2. The molecule has 0 N–H and O–H groups in total. The molecule has 6 nitrogen and oxygen atoms in total. The first-order chi connectivity index (χ1) is 32.7. The highest BCUT2D eigenvalue weighted by atomic mass is 16.7. The Balaban J connectivity index is 0.963. The molecule has 3 saturated carbocycles. The lowest BCUT2D eigenvalue weighted by Gasteiger charge is -2.58. The first-order valence-corrected chi connectivity index (χ1v) is 26.3. The molecule has 0 spiro atoms. The van der Waals surface area contributed by atoms with E-state index in [0.29, 0.717) is 38.4 Å². The lowest BCUT2D eigenvalue weighted by molar-refractivity contribution is -0.337. The van der Waals surface area contributed by atoms with Crippen LogP contribution in [0.4, 0.5) is 0 Å². The molecule has 67 heavy (non-hydrogen) atoms. The summed E-state index contributed by atoms with van der Waals surface area (Å²) >= 11 is 0. The number of rotatable bonds is 20. The predicted octanol–water partition coefficient (Wildman–Crippen LogP) is 14.1. The second-order valence-corrected chi connectivity index (χ2v) is 22.1. The van der Waals surface area contributed by atoms with Gasteiger partial charge in [-0.25, -0.2) is 0 Å². The Morgan fingerprint density at radius 3 is 1.76 bits per heavy atom. The highest BCUT2D eigenvalue weighted by Crippen LogP contribution is 2.67. The molecule has 0 amide bonds. The molecule has 4 aromatic carbocycles. The van der Waals surface area contributed by atoms with Gasteiger partial charge in [0.15, 0.2) is 6.29 Å². The van der Waals surface area contributed by atoms with Gasteiger partial charge in [-0.15, -0.1) is 0 Å². The van der Waals surface area contributed by atoms with Crippen LogP contribution in [0.5, 0.6) is 0 Å². The van der Waals surface area contributed by atoms with Crippen molar-refractivity contribution in [3.63, 3.8) is 0 Å². The predicted molar refractivity (Wildman–Crippen MR) is 268 cm³/mol. The Kier molecular flexibility index (Phi) is 16.2. The van der Waals surface area contributed by atoms with Crippen molar-refractivity contribution in [2.24, 2.45) is 46.3 Å². The third kappa shape index (κ3) is 11.4. The quantitative estimate of drug-likeness (QED) is 0.0824.